The molecule has 2 atom stereocenters. The third-order valence-electron chi connectivity index (χ3n) is 2.65. The maximum Gasteiger partial charge on any atom is 0.0566 e. The van der Waals surface area contributed by atoms with Crippen molar-refractivity contribution in [3.8, 4) is 0 Å². The second kappa shape index (κ2) is 2.40. The first kappa shape index (κ1) is 7.93. The smallest absolute Gasteiger partial charge is 0.0566 e. The molecule has 2 heteroatoms. The molecule has 0 saturated carbocycles. The summed E-state index contributed by atoms with van der Waals surface area (Å²) in [5.41, 5.74) is 0.581. The van der Waals surface area contributed by atoms with Crippen LogP contribution in [0.3, 0.4) is 0 Å². The van der Waals surface area contributed by atoms with Crippen molar-refractivity contribution in [2.75, 3.05) is 13.1 Å². The summed E-state index contributed by atoms with van der Waals surface area (Å²) in [7, 11) is 0. The summed E-state index contributed by atoms with van der Waals surface area (Å²) in [6.07, 6.45) is 1.39. The van der Waals surface area contributed by atoms with Gasteiger partial charge < -0.3 is 0 Å². The van der Waals surface area contributed by atoms with Gasteiger partial charge in [-0.1, -0.05) is 20.8 Å². The molecule has 0 bridgehead atoms. The molecule has 2 saturated heterocycles. The predicted octanol–water partition coefficient (Wildman–Crippen LogP) is 2.18. The highest BCUT2D eigenvalue weighted by atomic mass is 32.2. The van der Waals surface area contributed by atoms with Crippen LogP contribution in [0.5, 0.6) is 0 Å². The monoisotopic (exact) mass is 171 g/mol. The van der Waals surface area contributed by atoms with Gasteiger partial charge in [0.15, 0.2) is 0 Å². The first-order valence-corrected chi connectivity index (χ1v) is 5.41. The van der Waals surface area contributed by atoms with Gasteiger partial charge in [-0.05, 0) is 11.8 Å². The van der Waals surface area contributed by atoms with E-state index in [1.165, 1.54) is 19.5 Å². The predicted molar refractivity (Wildman–Crippen MR) is 50.8 cm³/mol. The van der Waals surface area contributed by atoms with Crippen molar-refractivity contribution < 1.29 is 0 Å². The molecule has 2 aliphatic heterocycles. The molecule has 0 spiro atoms. The zero-order valence-electron chi connectivity index (χ0n) is 7.63. The Morgan fingerprint density at radius 1 is 1.45 bits per heavy atom. The quantitative estimate of drug-likeness (QED) is 0.549. The van der Waals surface area contributed by atoms with Gasteiger partial charge in [0.2, 0.25) is 0 Å². The molecular formula is C9H17NS. The molecule has 2 rings (SSSR count). The summed E-state index contributed by atoms with van der Waals surface area (Å²) in [6, 6.07) is 0. The SMILES string of the molecule is C[C@@H]1CN2CC(C)(C)C[C@H]2S1. The highest BCUT2D eigenvalue weighted by molar-refractivity contribution is 8.00. The Kier molecular flexibility index (Phi) is 1.73. The fourth-order valence-corrected chi connectivity index (χ4v) is 3.97. The highest BCUT2D eigenvalue weighted by Gasteiger charge is 2.42. The molecule has 0 N–H and O–H groups in total. The first-order valence-electron chi connectivity index (χ1n) is 4.46. The molecular weight excluding hydrogens is 154 g/mol. The Morgan fingerprint density at radius 2 is 2.18 bits per heavy atom. The Labute approximate surface area is 73.5 Å². The summed E-state index contributed by atoms with van der Waals surface area (Å²) >= 11 is 2.16. The van der Waals surface area contributed by atoms with E-state index in [2.05, 4.69) is 37.4 Å². The molecule has 0 aromatic heterocycles. The lowest BCUT2D eigenvalue weighted by atomic mass is 9.93. The van der Waals surface area contributed by atoms with Crippen molar-refractivity contribution in [2.24, 2.45) is 5.41 Å². The third-order valence-corrected chi connectivity index (χ3v) is 4.04. The Balaban J connectivity index is 2.04. The molecule has 2 fully saturated rings. The lowest BCUT2D eigenvalue weighted by Gasteiger charge is -2.18. The maximum absolute atomic E-state index is 2.65. The number of hydrogen-bond acceptors (Lipinski definition) is 2. The number of rotatable bonds is 0. The summed E-state index contributed by atoms with van der Waals surface area (Å²) in [6.45, 7) is 9.75. The Morgan fingerprint density at radius 3 is 2.82 bits per heavy atom. The number of nitrogens with zero attached hydrogens (tertiary/aromatic N) is 1. The summed E-state index contributed by atoms with van der Waals surface area (Å²) in [4.78, 5) is 2.65. The topological polar surface area (TPSA) is 3.24 Å². The minimum Gasteiger partial charge on any atom is -0.290 e. The van der Waals surface area contributed by atoms with Crippen LogP contribution >= 0.6 is 11.8 Å². The Hall–Kier alpha value is 0.310. The molecule has 2 aliphatic rings. The minimum atomic E-state index is 0.581. The van der Waals surface area contributed by atoms with E-state index in [0.717, 1.165) is 10.6 Å². The molecule has 0 aromatic carbocycles. The minimum absolute atomic E-state index is 0.581. The van der Waals surface area contributed by atoms with Crippen LogP contribution in [0.1, 0.15) is 27.2 Å². The van der Waals surface area contributed by atoms with Crippen molar-refractivity contribution >= 4 is 11.8 Å². The largest absolute Gasteiger partial charge is 0.290 e. The molecule has 1 nitrogen and oxygen atoms in total. The van der Waals surface area contributed by atoms with E-state index in [0.29, 0.717) is 5.41 Å². The van der Waals surface area contributed by atoms with Crippen LogP contribution in [0.25, 0.3) is 0 Å². The van der Waals surface area contributed by atoms with Gasteiger partial charge in [0.25, 0.3) is 0 Å². The van der Waals surface area contributed by atoms with Gasteiger partial charge in [-0.2, -0.15) is 0 Å². The zero-order valence-corrected chi connectivity index (χ0v) is 8.45. The van der Waals surface area contributed by atoms with Gasteiger partial charge >= 0.3 is 0 Å². The highest BCUT2D eigenvalue weighted by Crippen LogP contribution is 2.44. The van der Waals surface area contributed by atoms with Crippen molar-refractivity contribution in [2.45, 2.75) is 37.8 Å². The number of hydrogen-bond donors (Lipinski definition) is 0. The van der Waals surface area contributed by atoms with Crippen LogP contribution in [0.15, 0.2) is 0 Å². The summed E-state index contributed by atoms with van der Waals surface area (Å²) in [5.74, 6) is 0. The van der Waals surface area contributed by atoms with Gasteiger partial charge in [0.05, 0.1) is 5.37 Å². The lowest BCUT2D eigenvalue weighted by molar-refractivity contribution is 0.297. The van der Waals surface area contributed by atoms with Gasteiger partial charge in [-0.15, -0.1) is 11.8 Å². The van der Waals surface area contributed by atoms with Crippen molar-refractivity contribution in [3.63, 3.8) is 0 Å². The van der Waals surface area contributed by atoms with Crippen LogP contribution in [-0.2, 0) is 0 Å². The van der Waals surface area contributed by atoms with E-state index in [1.54, 1.807) is 0 Å². The molecule has 0 unspecified atom stereocenters. The average Bonchev–Trinajstić information content (AvgIpc) is 2.17. The van der Waals surface area contributed by atoms with Gasteiger partial charge in [0.1, 0.15) is 0 Å². The molecule has 0 radical (unpaired) electrons. The molecule has 2 heterocycles. The summed E-state index contributed by atoms with van der Waals surface area (Å²) in [5, 5.41) is 1.72. The van der Waals surface area contributed by atoms with Gasteiger partial charge in [-0.3, -0.25) is 4.90 Å². The van der Waals surface area contributed by atoms with Crippen LogP contribution < -0.4 is 0 Å². The van der Waals surface area contributed by atoms with E-state index < -0.39 is 0 Å². The van der Waals surface area contributed by atoms with E-state index in [1.807, 2.05) is 0 Å². The first-order chi connectivity index (χ1) is 5.07. The van der Waals surface area contributed by atoms with Crippen molar-refractivity contribution in [1.82, 2.24) is 4.90 Å². The summed E-state index contributed by atoms with van der Waals surface area (Å²) < 4.78 is 0. The molecule has 64 valence electrons. The lowest BCUT2D eigenvalue weighted by Crippen LogP contribution is -2.25. The molecule has 0 amide bonds. The molecule has 0 aromatic rings. The van der Waals surface area contributed by atoms with E-state index >= 15 is 0 Å². The van der Waals surface area contributed by atoms with Gasteiger partial charge in [-0.25, -0.2) is 0 Å². The van der Waals surface area contributed by atoms with Crippen molar-refractivity contribution in [3.05, 3.63) is 0 Å². The fourth-order valence-electron chi connectivity index (χ4n) is 2.28. The van der Waals surface area contributed by atoms with Gasteiger partial charge in [0, 0.05) is 18.3 Å². The standard InChI is InChI=1S/C9H17NS/c1-7-5-10-6-9(2,3)4-8(10)11-7/h7-8H,4-6H2,1-3H3/t7-,8-/m1/s1. The third kappa shape index (κ3) is 1.43. The number of fused-ring (bicyclic) bond motifs is 1. The van der Waals surface area contributed by atoms with Crippen LogP contribution in [0, 0.1) is 5.41 Å². The van der Waals surface area contributed by atoms with Crippen LogP contribution in [0.2, 0.25) is 0 Å². The Bertz CT molecular complexity index is 151. The molecule has 11 heavy (non-hydrogen) atoms. The average molecular weight is 171 g/mol. The van der Waals surface area contributed by atoms with E-state index in [9.17, 15) is 0 Å². The zero-order chi connectivity index (χ0) is 8.06. The second-order valence-corrected chi connectivity index (χ2v) is 6.32. The number of thioether (sulfide) groups is 1. The van der Waals surface area contributed by atoms with Crippen LogP contribution in [0.4, 0.5) is 0 Å². The maximum atomic E-state index is 2.65. The van der Waals surface area contributed by atoms with E-state index in [4.69, 9.17) is 0 Å². The normalized spacial score (nSPS) is 42.8. The fraction of sp³-hybridized carbons (Fsp3) is 1.00. The second-order valence-electron chi connectivity index (χ2n) is 4.70. The van der Waals surface area contributed by atoms with Crippen molar-refractivity contribution in [1.29, 1.82) is 0 Å². The van der Waals surface area contributed by atoms with E-state index in [-0.39, 0.29) is 0 Å². The van der Waals surface area contributed by atoms with Crippen LogP contribution in [-0.4, -0.2) is 28.6 Å². The molecule has 0 aliphatic carbocycles.